The fraction of sp³-hybridized carbons (Fsp3) is 0.875. The van der Waals surface area contributed by atoms with Crippen LogP contribution in [-0.2, 0) is 9.53 Å². The number of hydrogen-bond donors (Lipinski definition) is 1. The SMILES string of the molecule is CCOC(=O)CNC(=O)N1CCC(CN2CCCCC2)CC1. The van der Waals surface area contributed by atoms with E-state index in [1.165, 1.54) is 38.9 Å². The van der Waals surface area contributed by atoms with Crippen LogP contribution in [-0.4, -0.2) is 67.7 Å². The zero-order valence-corrected chi connectivity index (χ0v) is 13.7. The monoisotopic (exact) mass is 311 g/mol. The number of nitrogens with zero attached hydrogens (tertiary/aromatic N) is 2. The molecule has 6 nitrogen and oxygen atoms in total. The van der Waals surface area contributed by atoms with E-state index < -0.39 is 0 Å². The second-order valence-corrected chi connectivity index (χ2v) is 6.26. The Morgan fingerprint density at radius 1 is 1.09 bits per heavy atom. The van der Waals surface area contributed by atoms with Gasteiger partial charge in [0.2, 0.25) is 0 Å². The zero-order chi connectivity index (χ0) is 15.8. The Hall–Kier alpha value is -1.30. The lowest BCUT2D eigenvalue weighted by Crippen LogP contribution is -2.47. The normalized spacial score (nSPS) is 20.7. The van der Waals surface area contributed by atoms with E-state index in [9.17, 15) is 9.59 Å². The number of piperidine rings is 2. The van der Waals surface area contributed by atoms with E-state index in [1.54, 1.807) is 6.92 Å². The molecular weight excluding hydrogens is 282 g/mol. The summed E-state index contributed by atoms with van der Waals surface area (Å²) in [4.78, 5) is 27.6. The number of likely N-dealkylation sites (tertiary alicyclic amines) is 2. The summed E-state index contributed by atoms with van der Waals surface area (Å²) in [5, 5.41) is 2.64. The van der Waals surface area contributed by atoms with E-state index in [-0.39, 0.29) is 18.5 Å². The summed E-state index contributed by atoms with van der Waals surface area (Å²) in [7, 11) is 0. The van der Waals surface area contributed by atoms with Gasteiger partial charge in [-0.05, 0) is 51.6 Å². The van der Waals surface area contributed by atoms with Crippen molar-refractivity contribution >= 4 is 12.0 Å². The standard InChI is InChI=1S/C16H29N3O3/c1-2-22-15(20)12-17-16(21)19-10-6-14(7-11-19)13-18-8-4-3-5-9-18/h14H,2-13H2,1H3,(H,17,21). The number of carbonyl (C=O) groups is 2. The smallest absolute Gasteiger partial charge is 0.325 e. The fourth-order valence-electron chi connectivity index (χ4n) is 3.30. The van der Waals surface area contributed by atoms with Crippen molar-refractivity contribution in [1.82, 2.24) is 15.1 Å². The minimum atomic E-state index is -0.379. The van der Waals surface area contributed by atoms with Crippen LogP contribution in [0.25, 0.3) is 0 Å². The number of amides is 2. The Labute approximate surface area is 133 Å². The van der Waals surface area contributed by atoms with Crippen LogP contribution in [0.1, 0.15) is 39.0 Å². The third kappa shape index (κ3) is 5.48. The molecule has 0 radical (unpaired) electrons. The van der Waals surface area contributed by atoms with Gasteiger partial charge in [0, 0.05) is 19.6 Å². The van der Waals surface area contributed by atoms with Gasteiger partial charge in [-0.15, -0.1) is 0 Å². The summed E-state index contributed by atoms with van der Waals surface area (Å²) in [6.07, 6.45) is 6.15. The van der Waals surface area contributed by atoms with Crippen molar-refractivity contribution in [3.8, 4) is 0 Å². The molecule has 2 saturated heterocycles. The van der Waals surface area contributed by atoms with E-state index in [1.807, 2.05) is 4.90 Å². The number of hydrogen-bond acceptors (Lipinski definition) is 4. The van der Waals surface area contributed by atoms with Crippen molar-refractivity contribution in [2.24, 2.45) is 5.92 Å². The van der Waals surface area contributed by atoms with Gasteiger partial charge in [-0.3, -0.25) is 4.79 Å². The van der Waals surface area contributed by atoms with Crippen LogP contribution in [0.5, 0.6) is 0 Å². The molecule has 0 aromatic heterocycles. The number of rotatable bonds is 5. The Morgan fingerprint density at radius 3 is 2.41 bits per heavy atom. The number of carbonyl (C=O) groups excluding carboxylic acids is 2. The Bertz CT molecular complexity index is 362. The maximum absolute atomic E-state index is 12.0. The summed E-state index contributed by atoms with van der Waals surface area (Å²) in [5.74, 6) is 0.322. The van der Waals surface area contributed by atoms with E-state index in [4.69, 9.17) is 4.74 Å². The molecule has 2 fully saturated rings. The molecule has 22 heavy (non-hydrogen) atoms. The molecule has 0 bridgehead atoms. The molecular formula is C16H29N3O3. The van der Waals surface area contributed by atoms with Crippen LogP contribution >= 0.6 is 0 Å². The van der Waals surface area contributed by atoms with Crippen LogP contribution in [0.4, 0.5) is 4.79 Å². The van der Waals surface area contributed by atoms with Crippen molar-refractivity contribution < 1.29 is 14.3 Å². The first-order chi connectivity index (χ1) is 10.7. The number of nitrogens with one attached hydrogen (secondary N) is 1. The second kappa shape index (κ2) is 8.98. The molecule has 1 N–H and O–H groups in total. The van der Waals surface area contributed by atoms with Gasteiger partial charge in [0.1, 0.15) is 6.54 Å². The number of urea groups is 1. The fourth-order valence-corrected chi connectivity index (χ4v) is 3.30. The first kappa shape index (κ1) is 17.1. The Balaban J connectivity index is 1.63. The van der Waals surface area contributed by atoms with E-state index >= 15 is 0 Å². The lowest BCUT2D eigenvalue weighted by Gasteiger charge is -2.36. The molecule has 0 saturated carbocycles. The van der Waals surface area contributed by atoms with Gasteiger partial charge in [0.05, 0.1) is 6.61 Å². The molecule has 2 heterocycles. The van der Waals surface area contributed by atoms with Gasteiger partial charge in [-0.25, -0.2) is 4.79 Å². The van der Waals surface area contributed by atoms with Crippen molar-refractivity contribution in [3.63, 3.8) is 0 Å². The van der Waals surface area contributed by atoms with Crippen LogP contribution in [0.3, 0.4) is 0 Å². The van der Waals surface area contributed by atoms with Gasteiger partial charge in [-0.1, -0.05) is 6.42 Å². The van der Waals surface area contributed by atoms with Gasteiger partial charge >= 0.3 is 12.0 Å². The molecule has 0 aromatic carbocycles. The average molecular weight is 311 g/mol. The lowest BCUT2D eigenvalue weighted by molar-refractivity contribution is -0.141. The van der Waals surface area contributed by atoms with Crippen molar-refractivity contribution in [2.75, 3.05) is 45.9 Å². The average Bonchev–Trinajstić information content (AvgIpc) is 2.54. The minimum Gasteiger partial charge on any atom is -0.465 e. The van der Waals surface area contributed by atoms with Crippen LogP contribution in [0, 0.1) is 5.92 Å². The van der Waals surface area contributed by atoms with Gasteiger partial charge in [0.25, 0.3) is 0 Å². The van der Waals surface area contributed by atoms with E-state index in [0.29, 0.717) is 12.5 Å². The van der Waals surface area contributed by atoms with Crippen LogP contribution < -0.4 is 5.32 Å². The Morgan fingerprint density at radius 2 is 1.77 bits per heavy atom. The summed E-state index contributed by atoms with van der Waals surface area (Å²) in [6.45, 7) is 7.28. The molecule has 0 atom stereocenters. The van der Waals surface area contributed by atoms with Gasteiger partial charge in [0.15, 0.2) is 0 Å². The van der Waals surface area contributed by atoms with Crippen molar-refractivity contribution in [2.45, 2.75) is 39.0 Å². The first-order valence-corrected chi connectivity index (χ1v) is 8.59. The maximum Gasteiger partial charge on any atom is 0.325 e. The summed E-state index contributed by atoms with van der Waals surface area (Å²) in [6, 6.07) is -0.149. The van der Waals surface area contributed by atoms with E-state index in [2.05, 4.69) is 10.2 Å². The highest BCUT2D eigenvalue weighted by molar-refractivity contribution is 5.80. The highest BCUT2D eigenvalue weighted by atomic mass is 16.5. The van der Waals surface area contributed by atoms with Crippen molar-refractivity contribution in [1.29, 1.82) is 0 Å². The largest absolute Gasteiger partial charge is 0.465 e. The molecule has 126 valence electrons. The van der Waals surface area contributed by atoms with Crippen LogP contribution in [0.15, 0.2) is 0 Å². The third-order valence-electron chi connectivity index (χ3n) is 4.56. The first-order valence-electron chi connectivity index (χ1n) is 8.59. The molecule has 6 heteroatoms. The third-order valence-corrected chi connectivity index (χ3v) is 4.56. The number of ether oxygens (including phenoxy) is 1. The predicted octanol–water partition coefficient (Wildman–Crippen LogP) is 1.46. The Kier molecular flexibility index (Phi) is 6.96. The molecule has 2 rings (SSSR count). The summed E-state index contributed by atoms with van der Waals surface area (Å²) >= 11 is 0. The van der Waals surface area contributed by atoms with Gasteiger partial charge in [-0.2, -0.15) is 0 Å². The second-order valence-electron chi connectivity index (χ2n) is 6.26. The number of esters is 1. The quantitative estimate of drug-likeness (QED) is 0.781. The van der Waals surface area contributed by atoms with Gasteiger partial charge < -0.3 is 19.9 Å². The molecule has 0 aliphatic carbocycles. The molecule has 0 aromatic rings. The lowest BCUT2D eigenvalue weighted by atomic mass is 9.95. The highest BCUT2D eigenvalue weighted by Crippen LogP contribution is 2.20. The molecule has 2 aliphatic heterocycles. The topological polar surface area (TPSA) is 61.9 Å². The predicted molar refractivity (Wildman–Crippen MR) is 84.6 cm³/mol. The molecule has 0 spiro atoms. The highest BCUT2D eigenvalue weighted by Gasteiger charge is 2.25. The summed E-state index contributed by atoms with van der Waals surface area (Å²) < 4.78 is 4.80. The molecule has 0 unspecified atom stereocenters. The maximum atomic E-state index is 12.0. The zero-order valence-electron chi connectivity index (χ0n) is 13.7. The summed E-state index contributed by atoms with van der Waals surface area (Å²) in [5.41, 5.74) is 0. The molecule has 2 aliphatic rings. The van der Waals surface area contributed by atoms with Crippen LogP contribution in [0.2, 0.25) is 0 Å². The molecule has 2 amide bonds. The van der Waals surface area contributed by atoms with Crippen molar-refractivity contribution in [3.05, 3.63) is 0 Å². The van der Waals surface area contributed by atoms with E-state index in [0.717, 1.165) is 25.9 Å². The minimum absolute atomic E-state index is 0.0413.